The van der Waals surface area contributed by atoms with Crippen molar-refractivity contribution < 1.29 is 13.9 Å². The van der Waals surface area contributed by atoms with Crippen molar-refractivity contribution in [3.05, 3.63) is 58.8 Å². The summed E-state index contributed by atoms with van der Waals surface area (Å²) in [5.41, 5.74) is 10.9. The number of carbonyl (C=O) groups excluding carboxylic acids is 1. The predicted octanol–water partition coefficient (Wildman–Crippen LogP) is 5.28. The lowest BCUT2D eigenvalue weighted by Gasteiger charge is -2.18. The SMILES string of the molecule is COc1ccc(NC(=O)c2sc3nc4c(c(-c5ccco5)c3c2N)CCCC4)cc1. The number of nitrogens with two attached hydrogens (primary N) is 1. The number of anilines is 2. The van der Waals surface area contributed by atoms with Crippen LogP contribution in [0.2, 0.25) is 0 Å². The van der Waals surface area contributed by atoms with Crippen molar-refractivity contribution in [3.63, 3.8) is 0 Å². The molecule has 0 radical (unpaired) electrons. The van der Waals surface area contributed by atoms with Gasteiger partial charge in [0.25, 0.3) is 5.91 Å². The zero-order valence-electron chi connectivity index (χ0n) is 16.5. The highest BCUT2D eigenvalue weighted by molar-refractivity contribution is 7.21. The standard InChI is InChI=1S/C23H21N3O3S/c1-28-14-10-8-13(9-11-14)25-22(27)21-20(24)19-18(17-7-4-12-29-17)15-5-2-3-6-16(15)26-23(19)30-21/h4,7-12H,2-3,5-6,24H2,1H3,(H,25,27). The fourth-order valence-electron chi connectivity index (χ4n) is 4.03. The number of aryl methyl sites for hydroxylation is 1. The molecule has 1 aliphatic rings. The normalized spacial score (nSPS) is 13.2. The monoisotopic (exact) mass is 419 g/mol. The maximum Gasteiger partial charge on any atom is 0.267 e. The molecule has 6 nitrogen and oxygen atoms in total. The molecule has 0 spiro atoms. The highest BCUT2D eigenvalue weighted by atomic mass is 32.1. The van der Waals surface area contributed by atoms with Crippen molar-refractivity contribution in [2.45, 2.75) is 25.7 Å². The molecule has 7 heteroatoms. The molecular formula is C23H21N3O3S. The van der Waals surface area contributed by atoms with E-state index in [9.17, 15) is 4.79 Å². The highest BCUT2D eigenvalue weighted by Crippen LogP contribution is 2.44. The molecule has 3 heterocycles. The summed E-state index contributed by atoms with van der Waals surface area (Å²) in [7, 11) is 1.61. The molecule has 5 rings (SSSR count). The van der Waals surface area contributed by atoms with Crippen LogP contribution >= 0.6 is 11.3 Å². The number of fused-ring (bicyclic) bond motifs is 2. The number of thiophene rings is 1. The van der Waals surface area contributed by atoms with Crippen LogP contribution in [-0.2, 0) is 12.8 Å². The number of pyridine rings is 1. The first kappa shape index (κ1) is 18.7. The average molecular weight is 420 g/mol. The molecule has 152 valence electrons. The zero-order valence-corrected chi connectivity index (χ0v) is 17.3. The topological polar surface area (TPSA) is 90.4 Å². The molecule has 0 aliphatic heterocycles. The summed E-state index contributed by atoms with van der Waals surface area (Å²) in [6.07, 6.45) is 5.77. The molecule has 3 aromatic heterocycles. The molecule has 4 aromatic rings. The van der Waals surface area contributed by atoms with Crippen molar-refractivity contribution in [1.29, 1.82) is 0 Å². The maximum atomic E-state index is 13.0. The van der Waals surface area contributed by atoms with E-state index in [1.165, 1.54) is 16.9 Å². The molecule has 0 saturated heterocycles. The molecular weight excluding hydrogens is 398 g/mol. The first-order chi connectivity index (χ1) is 14.7. The fraction of sp³-hybridized carbons (Fsp3) is 0.217. The smallest absolute Gasteiger partial charge is 0.267 e. The maximum absolute atomic E-state index is 13.0. The fourth-order valence-corrected chi connectivity index (χ4v) is 5.05. The quantitative estimate of drug-likeness (QED) is 0.470. The summed E-state index contributed by atoms with van der Waals surface area (Å²) in [5.74, 6) is 1.25. The Morgan fingerprint density at radius 3 is 2.73 bits per heavy atom. The van der Waals surface area contributed by atoms with Gasteiger partial charge in [-0.2, -0.15) is 0 Å². The summed E-state index contributed by atoms with van der Waals surface area (Å²) >= 11 is 1.33. The van der Waals surface area contributed by atoms with E-state index in [0.29, 0.717) is 16.3 Å². The number of ether oxygens (including phenoxy) is 1. The molecule has 30 heavy (non-hydrogen) atoms. The summed E-state index contributed by atoms with van der Waals surface area (Å²) in [4.78, 5) is 19.1. The Morgan fingerprint density at radius 2 is 2.00 bits per heavy atom. The van der Waals surface area contributed by atoms with Gasteiger partial charge in [0.15, 0.2) is 0 Å². The lowest BCUT2D eigenvalue weighted by Crippen LogP contribution is -2.12. The van der Waals surface area contributed by atoms with Crippen LogP contribution in [0.3, 0.4) is 0 Å². The van der Waals surface area contributed by atoms with Crippen LogP contribution in [0.15, 0.2) is 47.1 Å². The number of furan rings is 1. The first-order valence-electron chi connectivity index (χ1n) is 9.88. The van der Waals surface area contributed by atoms with E-state index < -0.39 is 0 Å². The third-order valence-corrected chi connectivity index (χ3v) is 6.57. The van der Waals surface area contributed by atoms with Gasteiger partial charge in [0.1, 0.15) is 21.2 Å². The molecule has 1 amide bonds. The molecule has 1 aromatic carbocycles. The van der Waals surface area contributed by atoms with Crippen LogP contribution in [0.5, 0.6) is 5.75 Å². The number of nitrogen functional groups attached to an aromatic ring is 1. The van der Waals surface area contributed by atoms with Gasteiger partial charge in [0.05, 0.1) is 19.1 Å². The van der Waals surface area contributed by atoms with Gasteiger partial charge < -0.3 is 20.2 Å². The minimum absolute atomic E-state index is 0.246. The Labute approximate surface area is 177 Å². The molecule has 0 unspecified atom stereocenters. The third kappa shape index (κ3) is 3.11. The van der Waals surface area contributed by atoms with Crippen LogP contribution in [0.25, 0.3) is 21.5 Å². The molecule has 0 saturated carbocycles. The molecule has 3 N–H and O–H groups in total. The highest BCUT2D eigenvalue weighted by Gasteiger charge is 2.26. The van der Waals surface area contributed by atoms with Crippen LogP contribution in [0.1, 0.15) is 33.8 Å². The van der Waals surface area contributed by atoms with Crippen LogP contribution < -0.4 is 15.8 Å². The Morgan fingerprint density at radius 1 is 1.20 bits per heavy atom. The average Bonchev–Trinajstić information content (AvgIpc) is 3.41. The summed E-state index contributed by atoms with van der Waals surface area (Å²) in [5, 5.41) is 3.74. The summed E-state index contributed by atoms with van der Waals surface area (Å²) in [6, 6.07) is 11.0. The van der Waals surface area contributed by atoms with E-state index in [2.05, 4.69) is 5.32 Å². The zero-order chi connectivity index (χ0) is 20.7. The van der Waals surface area contributed by atoms with Gasteiger partial charge in [0.2, 0.25) is 0 Å². The van der Waals surface area contributed by atoms with Gasteiger partial charge in [0, 0.05) is 22.3 Å². The van der Waals surface area contributed by atoms with Crippen LogP contribution in [0.4, 0.5) is 11.4 Å². The number of hydrogen-bond donors (Lipinski definition) is 2. The Kier molecular flexibility index (Phi) is 4.67. The second-order valence-corrected chi connectivity index (χ2v) is 8.30. The van der Waals surface area contributed by atoms with Gasteiger partial charge >= 0.3 is 0 Å². The predicted molar refractivity (Wildman–Crippen MR) is 119 cm³/mol. The van der Waals surface area contributed by atoms with E-state index in [1.54, 1.807) is 37.6 Å². The van der Waals surface area contributed by atoms with E-state index in [1.807, 2.05) is 12.1 Å². The van der Waals surface area contributed by atoms with Crippen molar-refractivity contribution >= 4 is 38.8 Å². The number of benzene rings is 1. The minimum Gasteiger partial charge on any atom is -0.497 e. The summed E-state index contributed by atoms with van der Waals surface area (Å²) < 4.78 is 10.9. The Balaban J connectivity index is 1.61. The van der Waals surface area contributed by atoms with E-state index in [-0.39, 0.29) is 5.91 Å². The second kappa shape index (κ2) is 7.50. The molecule has 0 fully saturated rings. The van der Waals surface area contributed by atoms with Crippen molar-refractivity contribution in [3.8, 4) is 17.1 Å². The number of nitrogens with zero attached hydrogens (tertiary/aromatic N) is 1. The van der Waals surface area contributed by atoms with Gasteiger partial charge in [-0.1, -0.05) is 0 Å². The van der Waals surface area contributed by atoms with Gasteiger partial charge in [-0.3, -0.25) is 4.79 Å². The Bertz CT molecular complexity index is 1230. The van der Waals surface area contributed by atoms with Crippen LogP contribution in [0, 0.1) is 0 Å². The number of aromatic nitrogens is 1. The number of amides is 1. The van der Waals surface area contributed by atoms with Gasteiger partial charge in [-0.05, 0) is 67.6 Å². The second-order valence-electron chi connectivity index (χ2n) is 7.30. The Hall–Kier alpha value is -3.32. The number of rotatable bonds is 4. The van der Waals surface area contributed by atoms with Gasteiger partial charge in [-0.15, -0.1) is 11.3 Å². The van der Waals surface area contributed by atoms with E-state index in [4.69, 9.17) is 19.9 Å². The van der Waals surface area contributed by atoms with E-state index in [0.717, 1.165) is 58.7 Å². The summed E-state index contributed by atoms with van der Waals surface area (Å²) in [6.45, 7) is 0. The number of methoxy groups -OCH3 is 1. The minimum atomic E-state index is -0.246. The number of carbonyl (C=O) groups is 1. The third-order valence-electron chi connectivity index (χ3n) is 5.48. The molecule has 0 bridgehead atoms. The number of hydrogen-bond acceptors (Lipinski definition) is 6. The van der Waals surface area contributed by atoms with Crippen LogP contribution in [-0.4, -0.2) is 18.0 Å². The van der Waals surface area contributed by atoms with Crippen molar-refractivity contribution in [2.75, 3.05) is 18.2 Å². The van der Waals surface area contributed by atoms with Crippen molar-refractivity contribution in [1.82, 2.24) is 4.98 Å². The lowest BCUT2D eigenvalue weighted by atomic mass is 9.89. The molecule has 0 atom stereocenters. The lowest BCUT2D eigenvalue weighted by molar-refractivity contribution is 0.103. The van der Waals surface area contributed by atoms with Crippen molar-refractivity contribution in [2.24, 2.45) is 0 Å². The van der Waals surface area contributed by atoms with Gasteiger partial charge in [-0.25, -0.2) is 4.98 Å². The largest absolute Gasteiger partial charge is 0.497 e. The number of nitrogens with one attached hydrogen (secondary N) is 1. The van der Waals surface area contributed by atoms with E-state index >= 15 is 0 Å². The molecule has 1 aliphatic carbocycles. The first-order valence-corrected chi connectivity index (χ1v) is 10.7.